The van der Waals surface area contributed by atoms with Crippen molar-refractivity contribution in [1.82, 2.24) is 19.8 Å². The molecule has 8 nitrogen and oxygen atoms in total. The van der Waals surface area contributed by atoms with E-state index in [4.69, 9.17) is 11.6 Å². The standard InChI is InChI=1S/C19H24ClN5O3/c1-21-11-7-9-24(10-8-11)16-12(20)3-4-13-17(16)23(2)19(28)25(13)14-5-6-15(26)22-18(14)27/h3-4,11,14,21H,5-10H2,1-2H3,(H,22,26,27). The first-order chi connectivity index (χ1) is 13.4. The van der Waals surface area contributed by atoms with Crippen LogP contribution < -0.4 is 21.2 Å². The van der Waals surface area contributed by atoms with E-state index >= 15 is 0 Å². The lowest BCUT2D eigenvalue weighted by Crippen LogP contribution is -2.44. The molecule has 150 valence electrons. The molecule has 9 heteroatoms. The highest BCUT2D eigenvalue weighted by atomic mass is 35.5. The second kappa shape index (κ2) is 7.25. The summed E-state index contributed by atoms with van der Waals surface area (Å²) >= 11 is 6.57. The monoisotopic (exact) mass is 405 g/mol. The fraction of sp³-hybridized carbons (Fsp3) is 0.526. The van der Waals surface area contributed by atoms with Crippen molar-refractivity contribution in [2.75, 3.05) is 25.0 Å². The van der Waals surface area contributed by atoms with Gasteiger partial charge in [-0.25, -0.2) is 4.79 Å². The molecule has 1 aromatic carbocycles. The second-order valence-corrected chi connectivity index (χ2v) is 7.90. The predicted octanol–water partition coefficient (Wildman–Crippen LogP) is 1.16. The first kappa shape index (κ1) is 19.0. The van der Waals surface area contributed by atoms with Crippen LogP contribution in [-0.4, -0.2) is 47.1 Å². The smallest absolute Gasteiger partial charge is 0.329 e. The van der Waals surface area contributed by atoms with Crippen molar-refractivity contribution in [1.29, 1.82) is 0 Å². The Labute approximate surface area is 167 Å². The van der Waals surface area contributed by atoms with Gasteiger partial charge in [0.05, 0.1) is 21.7 Å². The summed E-state index contributed by atoms with van der Waals surface area (Å²) in [6.07, 6.45) is 2.52. The predicted molar refractivity (Wildman–Crippen MR) is 108 cm³/mol. The molecule has 0 spiro atoms. The number of carbonyl (C=O) groups is 2. The summed E-state index contributed by atoms with van der Waals surface area (Å²) in [6, 6.07) is 3.35. The molecule has 2 saturated heterocycles. The minimum atomic E-state index is -0.696. The van der Waals surface area contributed by atoms with Crippen LogP contribution in [0.15, 0.2) is 16.9 Å². The number of piperidine rings is 2. The van der Waals surface area contributed by atoms with Gasteiger partial charge < -0.3 is 10.2 Å². The van der Waals surface area contributed by atoms with Crippen LogP contribution >= 0.6 is 11.6 Å². The fourth-order valence-corrected chi connectivity index (χ4v) is 4.62. The number of fused-ring (bicyclic) bond motifs is 1. The van der Waals surface area contributed by atoms with Gasteiger partial charge in [-0.1, -0.05) is 11.6 Å². The number of amides is 2. The largest absolute Gasteiger partial charge is 0.368 e. The molecule has 2 aliphatic rings. The Kier molecular flexibility index (Phi) is 4.93. The highest BCUT2D eigenvalue weighted by molar-refractivity contribution is 6.34. The first-order valence-electron chi connectivity index (χ1n) is 9.57. The summed E-state index contributed by atoms with van der Waals surface area (Å²) < 4.78 is 3.06. The average Bonchev–Trinajstić information content (AvgIpc) is 2.93. The summed E-state index contributed by atoms with van der Waals surface area (Å²) in [5, 5.41) is 6.24. The third kappa shape index (κ3) is 3.00. The van der Waals surface area contributed by atoms with Gasteiger partial charge in [-0.2, -0.15) is 0 Å². The van der Waals surface area contributed by atoms with Crippen molar-refractivity contribution in [2.24, 2.45) is 7.05 Å². The van der Waals surface area contributed by atoms with E-state index in [-0.39, 0.29) is 18.0 Å². The van der Waals surface area contributed by atoms with Gasteiger partial charge in [0.1, 0.15) is 6.04 Å². The summed E-state index contributed by atoms with van der Waals surface area (Å²) in [5.41, 5.74) is 1.94. The number of rotatable bonds is 3. The van der Waals surface area contributed by atoms with Crippen molar-refractivity contribution in [3.05, 3.63) is 27.6 Å². The maximum absolute atomic E-state index is 13.0. The molecule has 3 heterocycles. The second-order valence-electron chi connectivity index (χ2n) is 7.49. The lowest BCUT2D eigenvalue weighted by atomic mass is 10.0. The zero-order valence-electron chi connectivity index (χ0n) is 16.0. The highest BCUT2D eigenvalue weighted by Gasteiger charge is 2.33. The van der Waals surface area contributed by atoms with Crippen molar-refractivity contribution < 1.29 is 9.59 Å². The van der Waals surface area contributed by atoms with Crippen molar-refractivity contribution in [3.63, 3.8) is 0 Å². The van der Waals surface area contributed by atoms with Crippen LogP contribution in [-0.2, 0) is 16.6 Å². The molecule has 2 aliphatic heterocycles. The number of nitrogens with one attached hydrogen (secondary N) is 2. The molecule has 2 fully saturated rings. The van der Waals surface area contributed by atoms with E-state index in [1.165, 1.54) is 4.57 Å². The van der Waals surface area contributed by atoms with E-state index in [2.05, 4.69) is 15.5 Å². The fourth-order valence-electron chi connectivity index (χ4n) is 4.35. The molecule has 2 aromatic rings. The van der Waals surface area contributed by atoms with Crippen LogP contribution in [0.4, 0.5) is 5.69 Å². The van der Waals surface area contributed by atoms with Gasteiger partial charge in [0, 0.05) is 32.6 Å². The van der Waals surface area contributed by atoms with Crippen LogP contribution in [0.25, 0.3) is 11.0 Å². The van der Waals surface area contributed by atoms with Crippen LogP contribution in [0.2, 0.25) is 5.02 Å². The van der Waals surface area contributed by atoms with Crippen molar-refractivity contribution in [2.45, 2.75) is 37.8 Å². The Balaban J connectivity index is 1.83. The molecular weight excluding hydrogens is 382 g/mol. The summed E-state index contributed by atoms with van der Waals surface area (Å²) in [6.45, 7) is 1.67. The normalized spacial score (nSPS) is 21.4. The number of benzene rings is 1. The van der Waals surface area contributed by atoms with E-state index in [0.717, 1.165) is 37.1 Å². The lowest BCUT2D eigenvalue weighted by Gasteiger charge is -2.34. The Morgan fingerprint density at radius 1 is 1.14 bits per heavy atom. The zero-order valence-corrected chi connectivity index (χ0v) is 16.8. The Morgan fingerprint density at radius 3 is 2.50 bits per heavy atom. The lowest BCUT2D eigenvalue weighted by molar-refractivity contribution is -0.135. The number of halogens is 1. The number of imidazole rings is 1. The minimum absolute atomic E-state index is 0.219. The number of imide groups is 1. The Hall–Kier alpha value is -2.32. The highest BCUT2D eigenvalue weighted by Crippen LogP contribution is 2.36. The average molecular weight is 406 g/mol. The first-order valence-corrected chi connectivity index (χ1v) is 9.95. The number of nitrogens with zero attached hydrogens (tertiary/aromatic N) is 3. The SMILES string of the molecule is CNC1CCN(c2c(Cl)ccc3c2n(C)c(=O)n3C2CCC(=O)NC2=O)CC1. The number of carbonyl (C=O) groups excluding carboxylic acids is 2. The van der Waals surface area contributed by atoms with E-state index < -0.39 is 11.9 Å². The molecule has 28 heavy (non-hydrogen) atoms. The molecular formula is C19H24ClN5O3. The molecule has 0 radical (unpaired) electrons. The maximum Gasteiger partial charge on any atom is 0.329 e. The number of aryl methyl sites for hydroxylation is 1. The molecule has 0 aliphatic carbocycles. The molecule has 4 rings (SSSR count). The number of aromatic nitrogens is 2. The van der Waals surface area contributed by atoms with Gasteiger partial charge >= 0.3 is 5.69 Å². The summed E-state index contributed by atoms with van der Waals surface area (Å²) in [5.74, 6) is -0.733. The molecule has 1 aromatic heterocycles. The maximum atomic E-state index is 13.0. The van der Waals surface area contributed by atoms with Gasteiger partial charge in [0.25, 0.3) is 0 Å². The van der Waals surface area contributed by atoms with E-state index in [0.29, 0.717) is 23.0 Å². The molecule has 2 N–H and O–H groups in total. The van der Waals surface area contributed by atoms with Crippen LogP contribution in [0.1, 0.15) is 31.7 Å². The van der Waals surface area contributed by atoms with E-state index in [1.54, 1.807) is 23.7 Å². The van der Waals surface area contributed by atoms with Gasteiger partial charge in [-0.05, 0) is 38.4 Å². The van der Waals surface area contributed by atoms with Gasteiger partial charge in [-0.15, -0.1) is 0 Å². The van der Waals surface area contributed by atoms with Crippen LogP contribution in [0.3, 0.4) is 0 Å². The topological polar surface area (TPSA) is 88.4 Å². The summed E-state index contributed by atoms with van der Waals surface area (Å²) in [7, 11) is 3.67. The Morgan fingerprint density at radius 2 is 1.86 bits per heavy atom. The van der Waals surface area contributed by atoms with E-state index in [1.807, 2.05) is 7.05 Å². The molecule has 0 bridgehead atoms. The van der Waals surface area contributed by atoms with E-state index in [9.17, 15) is 14.4 Å². The van der Waals surface area contributed by atoms with Crippen LogP contribution in [0.5, 0.6) is 0 Å². The van der Waals surface area contributed by atoms with Crippen molar-refractivity contribution in [3.8, 4) is 0 Å². The number of hydrogen-bond donors (Lipinski definition) is 2. The van der Waals surface area contributed by atoms with Crippen molar-refractivity contribution >= 4 is 40.1 Å². The third-order valence-electron chi connectivity index (χ3n) is 5.91. The number of anilines is 1. The summed E-state index contributed by atoms with van der Waals surface area (Å²) in [4.78, 5) is 39.2. The Bertz CT molecular complexity index is 1000. The molecule has 0 saturated carbocycles. The quantitative estimate of drug-likeness (QED) is 0.748. The van der Waals surface area contributed by atoms with Crippen LogP contribution in [0, 0.1) is 0 Å². The molecule has 1 atom stereocenters. The third-order valence-corrected chi connectivity index (χ3v) is 6.21. The molecule has 2 amide bonds. The minimum Gasteiger partial charge on any atom is -0.368 e. The zero-order chi connectivity index (χ0) is 20.0. The van der Waals surface area contributed by atoms with Gasteiger partial charge in [0.15, 0.2) is 0 Å². The number of hydrogen-bond acceptors (Lipinski definition) is 5. The molecule has 1 unspecified atom stereocenters. The van der Waals surface area contributed by atoms with Gasteiger partial charge in [-0.3, -0.25) is 24.0 Å². The van der Waals surface area contributed by atoms with Gasteiger partial charge in [0.2, 0.25) is 11.8 Å².